The highest BCUT2D eigenvalue weighted by Gasteiger charge is 2.25. The molecule has 3 rings (SSSR count). The quantitative estimate of drug-likeness (QED) is 0.804. The molecule has 2 aromatic heterocycles. The second-order valence-electron chi connectivity index (χ2n) is 4.66. The third kappa shape index (κ3) is 2.60. The van der Waals surface area contributed by atoms with Crippen molar-refractivity contribution in [1.82, 2.24) is 14.6 Å². The molecule has 2 heterocycles. The Labute approximate surface area is 125 Å². The maximum atomic E-state index is 11.7. The van der Waals surface area contributed by atoms with Crippen LogP contribution in [0.4, 0.5) is 0 Å². The fourth-order valence-electron chi connectivity index (χ4n) is 2.33. The maximum absolute atomic E-state index is 11.7. The van der Waals surface area contributed by atoms with Crippen molar-refractivity contribution < 1.29 is 9.90 Å². The van der Waals surface area contributed by atoms with E-state index in [0.717, 1.165) is 5.56 Å². The van der Waals surface area contributed by atoms with E-state index in [2.05, 4.69) is 10.1 Å². The molecule has 0 aliphatic heterocycles. The molecule has 0 fully saturated rings. The lowest BCUT2D eigenvalue weighted by Gasteiger charge is -2.14. The molecule has 0 aliphatic carbocycles. The number of nitrogens with zero attached hydrogens (tertiary/aromatic N) is 3. The minimum Gasteiger partial charge on any atom is -0.481 e. The summed E-state index contributed by atoms with van der Waals surface area (Å²) in [6, 6.07) is 8.99. The van der Waals surface area contributed by atoms with Crippen LogP contribution in [0.1, 0.15) is 17.2 Å². The summed E-state index contributed by atoms with van der Waals surface area (Å²) in [5.41, 5.74) is 1.97. The molecule has 0 bridgehead atoms. The molecule has 0 aliphatic rings. The van der Waals surface area contributed by atoms with Crippen LogP contribution in [0.5, 0.6) is 0 Å². The van der Waals surface area contributed by atoms with Crippen molar-refractivity contribution in [2.24, 2.45) is 0 Å². The highest BCUT2D eigenvalue weighted by Crippen LogP contribution is 2.26. The fraction of sp³-hybridized carbons (Fsp3) is 0.133. The first kappa shape index (κ1) is 13.6. The Balaban J connectivity index is 2.05. The minimum absolute atomic E-state index is 0.285. The molecule has 1 aromatic carbocycles. The van der Waals surface area contributed by atoms with Crippen LogP contribution < -0.4 is 0 Å². The molecule has 1 N–H and O–H groups in total. The zero-order valence-electron chi connectivity index (χ0n) is 11.0. The molecule has 1 unspecified atom stereocenters. The van der Waals surface area contributed by atoms with E-state index < -0.39 is 11.9 Å². The lowest BCUT2D eigenvalue weighted by Crippen LogP contribution is -2.17. The van der Waals surface area contributed by atoms with Crippen molar-refractivity contribution in [2.75, 3.05) is 0 Å². The van der Waals surface area contributed by atoms with Crippen molar-refractivity contribution in [3.05, 3.63) is 65.2 Å². The molecule has 5 nitrogen and oxygen atoms in total. The van der Waals surface area contributed by atoms with E-state index in [4.69, 9.17) is 11.6 Å². The lowest BCUT2D eigenvalue weighted by atomic mass is 9.95. The molecule has 0 saturated carbocycles. The summed E-state index contributed by atoms with van der Waals surface area (Å²) in [5.74, 6) is -1.71. The van der Waals surface area contributed by atoms with E-state index in [1.807, 2.05) is 18.2 Å². The number of benzene rings is 1. The number of carboxylic acid groups (broad SMARTS) is 1. The van der Waals surface area contributed by atoms with Gasteiger partial charge in [0.25, 0.3) is 0 Å². The number of rotatable bonds is 4. The van der Waals surface area contributed by atoms with E-state index in [0.29, 0.717) is 16.2 Å². The Morgan fingerprint density at radius 1 is 1.29 bits per heavy atom. The van der Waals surface area contributed by atoms with Gasteiger partial charge in [0.2, 0.25) is 0 Å². The summed E-state index contributed by atoms with van der Waals surface area (Å²) in [5, 5.41) is 14.2. The molecule has 0 radical (unpaired) electrons. The number of halogens is 1. The van der Waals surface area contributed by atoms with Crippen molar-refractivity contribution in [3.63, 3.8) is 0 Å². The van der Waals surface area contributed by atoms with Crippen LogP contribution in [0, 0.1) is 0 Å². The Morgan fingerprint density at radius 2 is 2.10 bits per heavy atom. The van der Waals surface area contributed by atoms with Crippen molar-refractivity contribution in [1.29, 1.82) is 0 Å². The number of aliphatic carboxylic acids is 1. The summed E-state index contributed by atoms with van der Waals surface area (Å²) >= 11 is 6.13. The van der Waals surface area contributed by atoms with Gasteiger partial charge >= 0.3 is 5.97 Å². The van der Waals surface area contributed by atoms with Gasteiger partial charge in [-0.1, -0.05) is 29.8 Å². The number of fused-ring (bicyclic) bond motifs is 1. The molecule has 6 heteroatoms. The molecule has 0 saturated heterocycles. The number of hydrogen-bond acceptors (Lipinski definition) is 3. The van der Waals surface area contributed by atoms with Crippen LogP contribution in [0.15, 0.2) is 48.9 Å². The second kappa shape index (κ2) is 5.54. The zero-order chi connectivity index (χ0) is 14.8. The predicted molar refractivity (Wildman–Crippen MR) is 78.5 cm³/mol. The zero-order valence-corrected chi connectivity index (χ0v) is 11.7. The van der Waals surface area contributed by atoms with E-state index in [9.17, 15) is 9.90 Å². The van der Waals surface area contributed by atoms with E-state index in [1.165, 1.54) is 0 Å². The van der Waals surface area contributed by atoms with Crippen molar-refractivity contribution >= 4 is 23.1 Å². The molecular formula is C15H12ClN3O2. The maximum Gasteiger partial charge on any atom is 0.313 e. The van der Waals surface area contributed by atoms with Crippen LogP contribution in [-0.2, 0) is 11.2 Å². The summed E-state index contributed by atoms with van der Waals surface area (Å²) in [6.07, 6.45) is 5.15. The number of carboxylic acids is 1. The van der Waals surface area contributed by atoms with Gasteiger partial charge in [-0.2, -0.15) is 5.10 Å². The first-order valence-corrected chi connectivity index (χ1v) is 6.79. The topological polar surface area (TPSA) is 67.5 Å². The number of hydrogen-bond donors (Lipinski definition) is 1. The van der Waals surface area contributed by atoms with Gasteiger partial charge in [0.05, 0.1) is 17.4 Å². The molecule has 106 valence electrons. The summed E-state index contributed by atoms with van der Waals surface area (Å²) in [6.45, 7) is 0. The first-order chi connectivity index (χ1) is 10.2. The molecule has 0 amide bonds. The van der Waals surface area contributed by atoms with Gasteiger partial charge < -0.3 is 5.11 Å². The van der Waals surface area contributed by atoms with Gasteiger partial charge in [0, 0.05) is 17.4 Å². The van der Waals surface area contributed by atoms with Crippen LogP contribution in [0.25, 0.3) is 5.52 Å². The third-order valence-corrected chi connectivity index (χ3v) is 3.73. The van der Waals surface area contributed by atoms with Gasteiger partial charge in [-0.25, -0.2) is 4.52 Å². The Morgan fingerprint density at radius 3 is 2.86 bits per heavy atom. The molecule has 1 atom stereocenters. The van der Waals surface area contributed by atoms with Crippen LogP contribution in [0.3, 0.4) is 0 Å². The Hall–Kier alpha value is -2.40. The van der Waals surface area contributed by atoms with Crippen LogP contribution >= 0.6 is 11.6 Å². The fourth-order valence-corrected chi connectivity index (χ4v) is 2.54. The molecule has 3 aromatic rings. The van der Waals surface area contributed by atoms with Gasteiger partial charge in [0.15, 0.2) is 0 Å². The van der Waals surface area contributed by atoms with E-state index in [1.54, 1.807) is 35.2 Å². The SMILES string of the molecule is O=C(O)C(Cc1ccccc1Cl)c1nccn2nccc12. The Kier molecular flexibility index (Phi) is 3.58. The van der Waals surface area contributed by atoms with Gasteiger partial charge in [0.1, 0.15) is 5.92 Å². The number of carbonyl (C=O) groups is 1. The summed E-state index contributed by atoms with van der Waals surface area (Å²) in [7, 11) is 0. The average Bonchev–Trinajstić information content (AvgIpc) is 2.94. The van der Waals surface area contributed by atoms with E-state index >= 15 is 0 Å². The monoisotopic (exact) mass is 301 g/mol. The Bertz CT molecular complexity index is 800. The molecule has 0 spiro atoms. The smallest absolute Gasteiger partial charge is 0.313 e. The highest BCUT2D eigenvalue weighted by atomic mass is 35.5. The average molecular weight is 302 g/mol. The van der Waals surface area contributed by atoms with Crippen molar-refractivity contribution in [2.45, 2.75) is 12.3 Å². The predicted octanol–water partition coefficient (Wildman–Crippen LogP) is 2.79. The van der Waals surface area contributed by atoms with Gasteiger partial charge in [-0.15, -0.1) is 0 Å². The van der Waals surface area contributed by atoms with Crippen LogP contribution in [0.2, 0.25) is 5.02 Å². The second-order valence-corrected chi connectivity index (χ2v) is 5.07. The lowest BCUT2D eigenvalue weighted by molar-refractivity contribution is -0.138. The molecule has 21 heavy (non-hydrogen) atoms. The number of aromatic nitrogens is 3. The third-order valence-electron chi connectivity index (χ3n) is 3.36. The van der Waals surface area contributed by atoms with Crippen LogP contribution in [-0.4, -0.2) is 25.7 Å². The van der Waals surface area contributed by atoms with Gasteiger partial charge in [-0.05, 0) is 24.1 Å². The highest BCUT2D eigenvalue weighted by molar-refractivity contribution is 6.31. The largest absolute Gasteiger partial charge is 0.481 e. The van der Waals surface area contributed by atoms with E-state index in [-0.39, 0.29) is 6.42 Å². The molecular weight excluding hydrogens is 290 g/mol. The summed E-state index contributed by atoms with van der Waals surface area (Å²) < 4.78 is 1.62. The van der Waals surface area contributed by atoms with Crippen molar-refractivity contribution in [3.8, 4) is 0 Å². The normalized spacial score (nSPS) is 12.4. The van der Waals surface area contributed by atoms with Gasteiger partial charge in [-0.3, -0.25) is 9.78 Å². The minimum atomic E-state index is -0.934. The summed E-state index contributed by atoms with van der Waals surface area (Å²) in [4.78, 5) is 15.9. The first-order valence-electron chi connectivity index (χ1n) is 6.41. The standard InChI is InChI=1S/C15H12ClN3O2/c16-12-4-2-1-3-10(12)9-11(15(20)21)14-13-5-6-18-19(13)8-7-17-14/h1-8,11H,9H2,(H,20,21).